The number of carbonyl (C=O) groups excluding carboxylic acids is 3. The molecule has 2 aromatic rings. The second kappa shape index (κ2) is 9.47. The quantitative estimate of drug-likeness (QED) is 0.813. The summed E-state index contributed by atoms with van der Waals surface area (Å²) in [4.78, 5) is 43.0. The van der Waals surface area contributed by atoms with Gasteiger partial charge in [-0.3, -0.25) is 19.3 Å². The molecule has 2 aromatic carbocycles. The fourth-order valence-electron chi connectivity index (χ4n) is 4.52. The lowest BCUT2D eigenvalue weighted by Gasteiger charge is -2.35. The van der Waals surface area contributed by atoms with Crippen LogP contribution in [0.2, 0.25) is 0 Å². The van der Waals surface area contributed by atoms with E-state index in [9.17, 15) is 14.4 Å². The van der Waals surface area contributed by atoms with Gasteiger partial charge >= 0.3 is 0 Å². The third-order valence-electron chi connectivity index (χ3n) is 6.30. The Morgan fingerprint density at radius 1 is 0.968 bits per heavy atom. The molecule has 0 radical (unpaired) electrons. The molecule has 164 valence electrons. The maximum atomic E-state index is 13.0. The van der Waals surface area contributed by atoms with Crippen molar-refractivity contribution in [3.8, 4) is 0 Å². The zero-order valence-corrected chi connectivity index (χ0v) is 18.0. The second-order valence-corrected chi connectivity index (χ2v) is 8.40. The van der Waals surface area contributed by atoms with E-state index < -0.39 is 6.04 Å². The Bertz CT molecular complexity index is 976. The average molecular weight is 423 g/mol. The number of rotatable bonds is 4. The molecule has 1 unspecified atom stereocenters. The number of nitrogens with one attached hydrogen (secondary N) is 1. The molecule has 0 bridgehead atoms. The van der Waals surface area contributed by atoms with Crippen LogP contribution in [0.5, 0.6) is 0 Å². The van der Waals surface area contributed by atoms with E-state index in [-0.39, 0.29) is 24.1 Å². The molecule has 1 atom stereocenters. The van der Waals surface area contributed by atoms with Gasteiger partial charge in [0, 0.05) is 52.7 Å². The van der Waals surface area contributed by atoms with Crippen molar-refractivity contribution >= 4 is 28.5 Å². The number of fused-ring (bicyclic) bond motifs is 1. The van der Waals surface area contributed by atoms with E-state index in [0.29, 0.717) is 45.8 Å². The lowest BCUT2D eigenvalue weighted by atomic mass is 10.0. The minimum absolute atomic E-state index is 0.0176. The number of piperazine rings is 1. The van der Waals surface area contributed by atoms with Crippen LogP contribution < -0.4 is 5.32 Å². The topological polar surface area (TPSA) is 73.0 Å². The summed E-state index contributed by atoms with van der Waals surface area (Å²) in [6, 6.07) is 14.1. The first-order valence-corrected chi connectivity index (χ1v) is 11.0. The Labute approximate surface area is 183 Å². The van der Waals surface area contributed by atoms with Gasteiger partial charge in [0.15, 0.2) is 0 Å². The summed E-state index contributed by atoms with van der Waals surface area (Å²) in [6.45, 7) is 5.89. The molecule has 7 nitrogen and oxygen atoms in total. The summed E-state index contributed by atoms with van der Waals surface area (Å²) in [6.07, 6.45) is 0.933. The predicted octanol–water partition coefficient (Wildman–Crippen LogP) is 1.61. The molecule has 0 aliphatic carbocycles. The normalized spacial score (nSPS) is 20.4. The van der Waals surface area contributed by atoms with E-state index in [0.717, 1.165) is 12.0 Å². The van der Waals surface area contributed by atoms with Crippen LogP contribution in [0, 0.1) is 0 Å². The molecular weight excluding hydrogens is 392 g/mol. The zero-order valence-electron chi connectivity index (χ0n) is 18.0. The molecule has 2 fully saturated rings. The Hall–Kier alpha value is -2.93. The largest absolute Gasteiger partial charge is 0.353 e. The summed E-state index contributed by atoms with van der Waals surface area (Å²) in [7, 11) is 0. The standard InChI is InChI=1S/C24H30N4O3/c1-18(29)26-10-4-11-27(14-13-26)23(30)16-22-24(31)25-9-12-28(22)17-19-7-8-20-5-2-3-6-21(20)15-19/h2-3,5-8,15,22H,4,9-14,16-17H2,1H3,(H,25,31). The van der Waals surface area contributed by atoms with E-state index in [1.54, 1.807) is 16.7 Å². The van der Waals surface area contributed by atoms with Crippen LogP contribution in [0.1, 0.15) is 25.3 Å². The third-order valence-corrected chi connectivity index (χ3v) is 6.30. The number of amides is 3. The van der Waals surface area contributed by atoms with Crippen molar-refractivity contribution in [3.63, 3.8) is 0 Å². The molecule has 7 heteroatoms. The number of hydrogen-bond acceptors (Lipinski definition) is 4. The van der Waals surface area contributed by atoms with Gasteiger partial charge in [0.2, 0.25) is 17.7 Å². The lowest BCUT2D eigenvalue weighted by molar-refractivity contribution is -0.139. The smallest absolute Gasteiger partial charge is 0.237 e. The highest BCUT2D eigenvalue weighted by Gasteiger charge is 2.33. The van der Waals surface area contributed by atoms with Crippen molar-refractivity contribution in [2.45, 2.75) is 32.4 Å². The first-order chi connectivity index (χ1) is 15.0. The van der Waals surface area contributed by atoms with Crippen molar-refractivity contribution < 1.29 is 14.4 Å². The summed E-state index contributed by atoms with van der Waals surface area (Å²) in [5.41, 5.74) is 1.14. The van der Waals surface area contributed by atoms with Crippen LogP contribution >= 0.6 is 0 Å². The van der Waals surface area contributed by atoms with Gasteiger partial charge in [-0.15, -0.1) is 0 Å². The van der Waals surface area contributed by atoms with Gasteiger partial charge in [0.1, 0.15) is 0 Å². The van der Waals surface area contributed by atoms with Gasteiger partial charge in [-0.05, 0) is 28.8 Å². The molecule has 2 heterocycles. The van der Waals surface area contributed by atoms with Crippen LogP contribution in [-0.2, 0) is 20.9 Å². The third kappa shape index (κ3) is 5.05. The molecule has 0 saturated carbocycles. The molecule has 2 saturated heterocycles. The molecular formula is C24H30N4O3. The number of benzene rings is 2. The van der Waals surface area contributed by atoms with Crippen molar-refractivity contribution in [2.24, 2.45) is 0 Å². The Morgan fingerprint density at radius 3 is 2.52 bits per heavy atom. The number of carbonyl (C=O) groups is 3. The second-order valence-electron chi connectivity index (χ2n) is 8.40. The number of nitrogens with zero attached hydrogens (tertiary/aromatic N) is 3. The summed E-state index contributed by atoms with van der Waals surface area (Å²) < 4.78 is 0. The highest BCUT2D eigenvalue weighted by molar-refractivity contribution is 5.89. The molecule has 4 rings (SSSR count). The van der Waals surface area contributed by atoms with Crippen molar-refractivity contribution in [1.29, 1.82) is 0 Å². The van der Waals surface area contributed by atoms with Crippen LogP contribution in [0.3, 0.4) is 0 Å². The predicted molar refractivity (Wildman–Crippen MR) is 119 cm³/mol. The summed E-state index contributed by atoms with van der Waals surface area (Å²) >= 11 is 0. The molecule has 2 aliphatic rings. The van der Waals surface area contributed by atoms with E-state index >= 15 is 0 Å². The molecule has 1 N–H and O–H groups in total. The monoisotopic (exact) mass is 422 g/mol. The van der Waals surface area contributed by atoms with Crippen molar-refractivity contribution in [2.75, 3.05) is 39.3 Å². The van der Waals surface area contributed by atoms with E-state index in [2.05, 4.69) is 40.5 Å². The first-order valence-electron chi connectivity index (χ1n) is 11.0. The summed E-state index contributed by atoms with van der Waals surface area (Å²) in [5, 5.41) is 5.28. The number of hydrogen-bond donors (Lipinski definition) is 1. The van der Waals surface area contributed by atoms with E-state index in [4.69, 9.17) is 0 Å². The van der Waals surface area contributed by atoms with Crippen molar-refractivity contribution in [3.05, 3.63) is 48.0 Å². The Kier molecular flexibility index (Phi) is 6.51. The summed E-state index contributed by atoms with van der Waals surface area (Å²) in [5.74, 6) is -0.0564. The van der Waals surface area contributed by atoms with Gasteiger partial charge < -0.3 is 15.1 Å². The average Bonchev–Trinajstić information content (AvgIpc) is 3.03. The van der Waals surface area contributed by atoms with Gasteiger partial charge in [0.05, 0.1) is 12.5 Å². The van der Waals surface area contributed by atoms with Crippen LogP contribution in [0.25, 0.3) is 10.8 Å². The van der Waals surface area contributed by atoms with Crippen molar-refractivity contribution in [1.82, 2.24) is 20.0 Å². The van der Waals surface area contributed by atoms with Gasteiger partial charge in [-0.25, -0.2) is 0 Å². The molecule has 0 spiro atoms. The van der Waals surface area contributed by atoms with Crippen LogP contribution in [0.4, 0.5) is 0 Å². The van der Waals surface area contributed by atoms with E-state index in [1.807, 2.05) is 12.1 Å². The fraction of sp³-hybridized carbons (Fsp3) is 0.458. The lowest BCUT2D eigenvalue weighted by Crippen LogP contribution is -2.56. The molecule has 3 amide bonds. The zero-order chi connectivity index (χ0) is 21.8. The molecule has 0 aromatic heterocycles. The molecule has 31 heavy (non-hydrogen) atoms. The Balaban J connectivity index is 1.44. The van der Waals surface area contributed by atoms with Gasteiger partial charge in [-0.2, -0.15) is 0 Å². The minimum Gasteiger partial charge on any atom is -0.353 e. The minimum atomic E-state index is -0.472. The van der Waals surface area contributed by atoms with E-state index in [1.165, 1.54) is 10.8 Å². The van der Waals surface area contributed by atoms with Gasteiger partial charge in [0.25, 0.3) is 0 Å². The first kappa shape index (κ1) is 21.3. The molecule has 2 aliphatic heterocycles. The maximum Gasteiger partial charge on any atom is 0.237 e. The fourth-order valence-corrected chi connectivity index (χ4v) is 4.52. The van der Waals surface area contributed by atoms with Crippen LogP contribution in [0.15, 0.2) is 42.5 Å². The van der Waals surface area contributed by atoms with Crippen LogP contribution in [-0.4, -0.2) is 77.7 Å². The maximum absolute atomic E-state index is 13.0. The van der Waals surface area contributed by atoms with Gasteiger partial charge in [-0.1, -0.05) is 36.4 Å². The SMILES string of the molecule is CC(=O)N1CCCN(C(=O)CC2C(=O)NCCN2Cc2ccc3ccccc3c2)CC1. The highest BCUT2D eigenvalue weighted by atomic mass is 16.2. The highest BCUT2D eigenvalue weighted by Crippen LogP contribution is 2.20. The Morgan fingerprint density at radius 2 is 1.71 bits per heavy atom.